The fourth-order valence-corrected chi connectivity index (χ4v) is 1.47. The number of carboxylic acids is 1. The molecule has 1 rings (SSSR count). The van der Waals surface area contributed by atoms with Crippen LogP contribution >= 0.6 is 0 Å². The third kappa shape index (κ3) is 4.01. The standard InChI is InChI=1S/C13H15F2NO3/c1-3-7(2)4-12(17)16-11-5-8(13(18)19)9(14)6-10(11)15/h5-7H,3-4H2,1-2H3,(H,16,17)(H,18,19). The molecule has 0 saturated carbocycles. The van der Waals surface area contributed by atoms with E-state index in [2.05, 4.69) is 5.32 Å². The smallest absolute Gasteiger partial charge is 0.338 e. The van der Waals surface area contributed by atoms with E-state index in [4.69, 9.17) is 5.11 Å². The largest absolute Gasteiger partial charge is 0.478 e. The Labute approximate surface area is 109 Å². The third-order valence-corrected chi connectivity index (χ3v) is 2.79. The molecule has 1 amide bonds. The average molecular weight is 271 g/mol. The highest BCUT2D eigenvalue weighted by Gasteiger charge is 2.17. The van der Waals surface area contributed by atoms with Crippen LogP contribution in [0.15, 0.2) is 12.1 Å². The van der Waals surface area contributed by atoms with Gasteiger partial charge in [-0.15, -0.1) is 0 Å². The van der Waals surface area contributed by atoms with Crippen molar-refractivity contribution in [2.45, 2.75) is 26.7 Å². The zero-order valence-electron chi connectivity index (χ0n) is 10.7. The summed E-state index contributed by atoms with van der Waals surface area (Å²) in [7, 11) is 0. The Hall–Kier alpha value is -1.98. The van der Waals surface area contributed by atoms with Crippen molar-refractivity contribution in [3.63, 3.8) is 0 Å². The van der Waals surface area contributed by atoms with Gasteiger partial charge in [0.25, 0.3) is 0 Å². The minimum Gasteiger partial charge on any atom is -0.478 e. The molecule has 4 nitrogen and oxygen atoms in total. The number of halogens is 2. The van der Waals surface area contributed by atoms with E-state index in [1.807, 2.05) is 13.8 Å². The Morgan fingerprint density at radius 3 is 2.47 bits per heavy atom. The third-order valence-electron chi connectivity index (χ3n) is 2.79. The van der Waals surface area contributed by atoms with Crippen molar-refractivity contribution < 1.29 is 23.5 Å². The van der Waals surface area contributed by atoms with Crippen molar-refractivity contribution in [3.05, 3.63) is 29.3 Å². The van der Waals surface area contributed by atoms with Gasteiger partial charge in [0.2, 0.25) is 5.91 Å². The Bertz CT molecular complexity index is 503. The van der Waals surface area contributed by atoms with Crippen molar-refractivity contribution in [2.75, 3.05) is 5.32 Å². The molecule has 0 fully saturated rings. The summed E-state index contributed by atoms with van der Waals surface area (Å²) in [5.74, 6) is -4.00. The van der Waals surface area contributed by atoms with E-state index in [-0.39, 0.29) is 18.0 Å². The summed E-state index contributed by atoms with van der Waals surface area (Å²) in [6, 6.07) is 1.23. The Morgan fingerprint density at radius 2 is 1.95 bits per heavy atom. The number of hydrogen-bond donors (Lipinski definition) is 2. The van der Waals surface area contributed by atoms with E-state index in [0.717, 1.165) is 12.5 Å². The number of hydrogen-bond acceptors (Lipinski definition) is 2. The predicted octanol–water partition coefficient (Wildman–Crippen LogP) is 3.04. The highest BCUT2D eigenvalue weighted by Crippen LogP contribution is 2.20. The van der Waals surface area contributed by atoms with Crippen LogP contribution in [0.25, 0.3) is 0 Å². The molecule has 19 heavy (non-hydrogen) atoms. The van der Waals surface area contributed by atoms with Gasteiger partial charge in [0.1, 0.15) is 11.6 Å². The van der Waals surface area contributed by atoms with Crippen LogP contribution in [0.2, 0.25) is 0 Å². The minimum absolute atomic E-state index is 0.127. The van der Waals surface area contributed by atoms with Crippen molar-refractivity contribution in [2.24, 2.45) is 5.92 Å². The van der Waals surface area contributed by atoms with E-state index in [0.29, 0.717) is 6.07 Å². The Morgan fingerprint density at radius 1 is 1.32 bits per heavy atom. The molecule has 1 unspecified atom stereocenters. The predicted molar refractivity (Wildman–Crippen MR) is 66.0 cm³/mol. The molecular formula is C13H15F2NO3. The second kappa shape index (κ2) is 6.26. The quantitative estimate of drug-likeness (QED) is 0.865. The van der Waals surface area contributed by atoms with Gasteiger partial charge in [-0.3, -0.25) is 4.79 Å². The average Bonchev–Trinajstić information content (AvgIpc) is 2.31. The summed E-state index contributed by atoms with van der Waals surface area (Å²) in [6.07, 6.45) is 0.982. The molecule has 0 heterocycles. The summed E-state index contributed by atoms with van der Waals surface area (Å²) in [5.41, 5.74) is -1.01. The number of amides is 1. The van der Waals surface area contributed by atoms with Gasteiger partial charge in [-0.1, -0.05) is 20.3 Å². The van der Waals surface area contributed by atoms with Crippen molar-refractivity contribution in [1.82, 2.24) is 0 Å². The van der Waals surface area contributed by atoms with Gasteiger partial charge in [0.05, 0.1) is 11.3 Å². The van der Waals surface area contributed by atoms with Crippen LogP contribution in [0.5, 0.6) is 0 Å². The molecule has 1 atom stereocenters. The van der Waals surface area contributed by atoms with Gasteiger partial charge >= 0.3 is 5.97 Å². The normalized spacial score (nSPS) is 12.0. The molecule has 0 aromatic heterocycles. The van der Waals surface area contributed by atoms with Gasteiger partial charge in [0, 0.05) is 12.5 Å². The molecule has 1 aromatic carbocycles. The number of carbonyl (C=O) groups excluding carboxylic acids is 1. The van der Waals surface area contributed by atoms with Gasteiger partial charge in [0.15, 0.2) is 0 Å². The second-order valence-corrected chi connectivity index (χ2v) is 4.38. The van der Waals surface area contributed by atoms with Crippen LogP contribution in [0, 0.1) is 17.6 Å². The van der Waals surface area contributed by atoms with E-state index < -0.39 is 29.1 Å². The lowest BCUT2D eigenvalue weighted by molar-refractivity contribution is -0.117. The fraction of sp³-hybridized carbons (Fsp3) is 0.385. The molecular weight excluding hydrogens is 256 g/mol. The van der Waals surface area contributed by atoms with E-state index in [1.54, 1.807) is 0 Å². The molecule has 0 bridgehead atoms. The van der Waals surface area contributed by atoms with Crippen molar-refractivity contribution >= 4 is 17.6 Å². The fourth-order valence-electron chi connectivity index (χ4n) is 1.47. The molecule has 0 aliphatic carbocycles. The summed E-state index contributed by atoms with van der Waals surface area (Å²) >= 11 is 0. The number of carbonyl (C=O) groups is 2. The number of anilines is 1. The summed E-state index contributed by atoms with van der Waals surface area (Å²) < 4.78 is 26.6. The number of aromatic carboxylic acids is 1. The van der Waals surface area contributed by atoms with Crippen LogP contribution in [0.4, 0.5) is 14.5 Å². The molecule has 0 spiro atoms. The first-order chi connectivity index (χ1) is 8.85. The second-order valence-electron chi connectivity index (χ2n) is 4.38. The first-order valence-electron chi connectivity index (χ1n) is 5.87. The van der Waals surface area contributed by atoms with Crippen LogP contribution in [-0.2, 0) is 4.79 Å². The van der Waals surface area contributed by atoms with Gasteiger partial charge < -0.3 is 10.4 Å². The van der Waals surface area contributed by atoms with E-state index in [9.17, 15) is 18.4 Å². The zero-order chi connectivity index (χ0) is 14.6. The molecule has 104 valence electrons. The zero-order valence-corrected chi connectivity index (χ0v) is 10.7. The number of rotatable bonds is 5. The SMILES string of the molecule is CCC(C)CC(=O)Nc1cc(C(=O)O)c(F)cc1F. The van der Waals surface area contributed by atoms with Crippen LogP contribution in [0.1, 0.15) is 37.0 Å². The van der Waals surface area contributed by atoms with E-state index >= 15 is 0 Å². The molecule has 0 saturated heterocycles. The lowest BCUT2D eigenvalue weighted by Gasteiger charge is -2.10. The molecule has 1 aromatic rings. The van der Waals surface area contributed by atoms with Crippen LogP contribution in [0.3, 0.4) is 0 Å². The maximum absolute atomic E-state index is 13.4. The van der Waals surface area contributed by atoms with Crippen LogP contribution < -0.4 is 5.32 Å². The van der Waals surface area contributed by atoms with E-state index in [1.165, 1.54) is 0 Å². The van der Waals surface area contributed by atoms with Gasteiger partial charge in [-0.2, -0.15) is 0 Å². The highest BCUT2D eigenvalue weighted by atomic mass is 19.1. The van der Waals surface area contributed by atoms with Crippen molar-refractivity contribution in [1.29, 1.82) is 0 Å². The van der Waals surface area contributed by atoms with Crippen LogP contribution in [-0.4, -0.2) is 17.0 Å². The highest BCUT2D eigenvalue weighted by molar-refractivity contribution is 5.94. The maximum Gasteiger partial charge on any atom is 0.338 e. The van der Waals surface area contributed by atoms with Gasteiger partial charge in [-0.25, -0.2) is 13.6 Å². The molecule has 2 N–H and O–H groups in total. The molecule has 0 aliphatic rings. The Balaban J connectivity index is 2.92. The topological polar surface area (TPSA) is 66.4 Å². The molecule has 6 heteroatoms. The Kier molecular flexibility index (Phi) is 4.97. The lowest BCUT2D eigenvalue weighted by atomic mass is 10.0. The number of carboxylic acid groups (broad SMARTS) is 1. The van der Waals surface area contributed by atoms with Crippen molar-refractivity contribution in [3.8, 4) is 0 Å². The monoisotopic (exact) mass is 271 g/mol. The summed E-state index contributed by atoms with van der Waals surface area (Å²) in [4.78, 5) is 22.3. The molecule has 0 aliphatic heterocycles. The summed E-state index contributed by atoms with van der Waals surface area (Å²) in [6.45, 7) is 3.78. The summed E-state index contributed by atoms with van der Waals surface area (Å²) in [5, 5.41) is 11.0. The maximum atomic E-state index is 13.4. The molecule has 0 radical (unpaired) electrons. The minimum atomic E-state index is -1.52. The van der Waals surface area contributed by atoms with Gasteiger partial charge in [-0.05, 0) is 12.0 Å². The number of nitrogens with one attached hydrogen (secondary N) is 1. The lowest BCUT2D eigenvalue weighted by Crippen LogP contribution is -2.16. The first-order valence-corrected chi connectivity index (χ1v) is 5.87. The number of benzene rings is 1. The first kappa shape index (κ1) is 15.1.